The molecule has 0 saturated carbocycles. The highest BCUT2D eigenvalue weighted by atomic mass is 35.5. The number of rotatable bonds is 7. The van der Waals surface area contributed by atoms with E-state index in [0.29, 0.717) is 5.56 Å². The molecule has 1 aromatic heterocycles. The smallest absolute Gasteiger partial charge is 0.293 e. The van der Waals surface area contributed by atoms with Crippen LogP contribution in [0.5, 0.6) is 5.75 Å². The van der Waals surface area contributed by atoms with Gasteiger partial charge in [0.25, 0.3) is 10.0 Å². The average Bonchev–Trinajstić information content (AvgIpc) is 3.15. The largest absolute Gasteiger partial charge is 0.507 e. The number of amides is 1. The van der Waals surface area contributed by atoms with E-state index in [-0.39, 0.29) is 31.9 Å². The maximum absolute atomic E-state index is 14.6. The van der Waals surface area contributed by atoms with E-state index in [9.17, 15) is 22.7 Å². The Hall–Kier alpha value is -2.99. The number of amidine groups is 1. The summed E-state index contributed by atoms with van der Waals surface area (Å²) in [4.78, 5) is 11.3. The number of quaternary nitrogens is 1. The number of hydrogen-bond donors (Lipinski definition) is 4. The van der Waals surface area contributed by atoms with Crippen molar-refractivity contribution in [3.8, 4) is 5.75 Å². The van der Waals surface area contributed by atoms with Gasteiger partial charge in [-0.25, -0.2) is 4.39 Å². The molecule has 31 heavy (non-hydrogen) atoms. The van der Waals surface area contributed by atoms with Crippen LogP contribution < -0.4 is 16.8 Å². The molecule has 0 radical (unpaired) electrons. The summed E-state index contributed by atoms with van der Waals surface area (Å²) in [5.41, 5.74) is 11.7. The van der Waals surface area contributed by atoms with Gasteiger partial charge in [-0.3, -0.25) is 4.79 Å². The number of nitrogens with zero attached hydrogens (tertiary/aromatic N) is 1. The predicted octanol–water partition coefficient (Wildman–Crippen LogP) is 1.83. The summed E-state index contributed by atoms with van der Waals surface area (Å²) in [6.07, 6.45) is 0. The van der Waals surface area contributed by atoms with Crippen molar-refractivity contribution in [2.75, 3.05) is 0 Å². The molecule has 162 valence electrons. The minimum absolute atomic E-state index is 0.134. The third-order valence-corrected chi connectivity index (χ3v) is 7.19. The van der Waals surface area contributed by atoms with Crippen LogP contribution in [0.2, 0.25) is 4.34 Å². The molecule has 7 N–H and O–H groups in total. The predicted molar refractivity (Wildman–Crippen MR) is 116 cm³/mol. The summed E-state index contributed by atoms with van der Waals surface area (Å²) < 4.78 is 43.1. The van der Waals surface area contributed by atoms with Crippen molar-refractivity contribution in [2.45, 2.75) is 10.8 Å². The molecule has 0 bridgehead atoms. The number of phenols is 1. The summed E-state index contributed by atoms with van der Waals surface area (Å²) in [5.74, 6) is -2.38. The van der Waals surface area contributed by atoms with Gasteiger partial charge in [0.15, 0.2) is 17.3 Å². The maximum Gasteiger partial charge on any atom is 0.293 e. The Bertz CT molecular complexity index is 1290. The van der Waals surface area contributed by atoms with E-state index in [4.69, 9.17) is 23.1 Å². The lowest BCUT2D eigenvalue weighted by Gasteiger charge is -2.11. The molecular formula is C19H17ClFN4O4S2+. The van der Waals surface area contributed by atoms with Crippen molar-refractivity contribution in [2.24, 2.45) is 15.9 Å². The van der Waals surface area contributed by atoms with Gasteiger partial charge < -0.3 is 21.9 Å². The van der Waals surface area contributed by atoms with Crippen LogP contribution in [0.3, 0.4) is 0 Å². The zero-order chi connectivity index (χ0) is 22.8. The van der Waals surface area contributed by atoms with Gasteiger partial charge in [-0.05, 0) is 36.4 Å². The number of primary amides is 1. The molecule has 3 rings (SSSR count). The molecule has 0 spiro atoms. The lowest BCUT2D eigenvalue weighted by atomic mass is 10.1. The standard InChI is InChI=1S/C19H16ClFN4O4S2/c20-14-6-7-15(30-14)31(28,29)25-18(22)16-13(26)5-4-12(21)17(16)24-9-10-2-1-3-11(8-10)19(23)27/h1-8,24,26H,9H2,(H2,22,25)(H2,23,27)/p+1. The Balaban J connectivity index is 1.97. The van der Waals surface area contributed by atoms with Gasteiger partial charge in [-0.2, -0.15) is 8.42 Å². The third-order valence-electron chi connectivity index (χ3n) is 4.20. The first-order chi connectivity index (χ1) is 14.6. The van der Waals surface area contributed by atoms with E-state index in [1.165, 1.54) is 17.4 Å². The van der Waals surface area contributed by atoms with Gasteiger partial charge in [0.05, 0.1) is 4.34 Å². The second kappa shape index (κ2) is 9.02. The van der Waals surface area contributed by atoms with E-state index in [1.54, 1.807) is 24.3 Å². The second-order valence-electron chi connectivity index (χ2n) is 6.34. The molecule has 0 atom stereocenters. The van der Waals surface area contributed by atoms with Crippen LogP contribution >= 0.6 is 22.9 Å². The van der Waals surface area contributed by atoms with Crippen molar-refractivity contribution in [1.29, 1.82) is 0 Å². The molecule has 3 aromatic rings. The molecule has 0 fully saturated rings. The number of sulfonamides is 1. The van der Waals surface area contributed by atoms with Crippen LogP contribution in [0.4, 0.5) is 10.1 Å². The van der Waals surface area contributed by atoms with Crippen LogP contribution in [0.1, 0.15) is 21.5 Å². The van der Waals surface area contributed by atoms with E-state index in [1.807, 2.05) is 0 Å². The highest BCUT2D eigenvalue weighted by molar-refractivity contribution is 7.92. The quantitative estimate of drug-likeness (QED) is 0.229. The number of aromatic hydroxyl groups is 1. The average molecular weight is 484 g/mol. The van der Waals surface area contributed by atoms with Crippen molar-refractivity contribution < 1.29 is 28.0 Å². The van der Waals surface area contributed by atoms with Gasteiger partial charge in [0.2, 0.25) is 5.91 Å². The Morgan fingerprint density at radius 1 is 1.19 bits per heavy atom. The van der Waals surface area contributed by atoms with E-state index < -0.39 is 33.3 Å². The summed E-state index contributed by atoms with van der Waals surface area (Å²) in [5, 5.41) is 11.7. The Labute approximate surface area is 186 Å². The molecule has 2 aromatic carbocycles. The van der Waals surface area contributed by atoms with Crippen molar-refractivity contribution in [3.05, 3.63) is 75.4 Å². The molecule has 8 nitrogen and oxygen atoms in total. The summed E-state index contributed by atoms with van der Waals surface area (Å²) in [7, 11) is -4.22. The zero-order valence-electron chi connectivity index (χ0n) is 15.7. The lowest BCUT2D eigenvalue weighted by molar-refractivity contribution is -0.590. The van der Waals surface area contributed by atoms with E-state index in [2.05, 4.69) is 4.40 Å². The van der Waals surface area contributed by atoms with Crippen LogP contribution in [-0.2, 0) is 16.6 Å². The fraction of sp³-hybridized carbons (Fsp3) is 0.0526. The maximum atomic E-state index is 14.6. The highest BCUT2D eigenvalue weighted by Crippen LogP contribution is 2.29. The van der Waals surface area contributed by atoms with Crippen LogP contribution in [-0.4, -0.2) is 25.3 Å². The molecule has 1 amide bonds. The third kappa shape index (κ3) is 5.20. The van der Waals surface area contributed by atoms with Crippen molar-refractivity contribution in [1.82, 2.24) is 0 Å². The van der Waals surface area contributed by atoms with E-state index in [0.717, 1.165) is 23.5 Å². The number of thiophene rings is 1. The number of halogens is 2. The van der Waals surface area contributed by atoms with Gasteiger partial charge >= 0.3 is 0 Å². The Morgan fingerprint density at radius 2 is 1.94 bits per heavy atom. The first-order valence-electron chi connectivity index (χ1n) is 8.68. The molecule has 0 aliphatic rings. The summed E-state index contributed by atoms with van der Waals surface area (Å²) in [6.45, 7) is 0.148. The van der Waals surface area contributed by atoms with Gasteiger partial charge in [-0.1, -0.05) is 23.7 Å². The Morgan fingerprint density at radius 3 is 2.58 bits per heavy atom. The zero-order valence-corrected chi connectivity index (χ0v) is 18.1. The highest BCUT2D eigenvalue weighted by Gasteiger charge is 2.24. The summed E-state index contributed by atoms with van der Waals surface area (Å²) in [6, 6.07) is 11.1. The van der Waals surface area contributed by atoms with Crippen molar-refractivity contribution >= 4 is 50.4 Å². The van der Waals surface area contributed by atoms with Gasteiger partial charge in [-0.15, -0.1) is 15.7 Å². The molecule has 0 aliphatic carbocycles. The normalized spacial score (nSPS) is 12.1. The fourth-order valence-corrected chi connectivity index (χ4v) is 5.18. The van der Waals surface area contributed by atoms with Gasteiger partial charge in [0.1, 0.15) is 22.1 Å². The minimum Gasteiger partial charge on any atom is -0.507 e. The van der Waals surface area contributed by atoms with Crippen LogP contribution in [0.25, 0.3) is 0 Å². The molecule has 0 saturated heterocycles. The number of hydrogen-bond acceptors (Lipinski definition) is 5. The van der Waals surface area contributed by atoms with Crippen LogP contribution in [0.15, 0.2) is 57.1 Å². The number of carbonyl (C=O) groups is 1. The summed E-state index contributed by atoms with van der Waals surface area (Å²) >= 11 is 6.56. The van der Waals surface area contributed by atoms with Crippen LogP contribution in [0, 0.1) is 5.82 Å². The SMILES string of the molecule is NC(=O)c1cccc(C[NH2+]c2c(F)ccc(O)c2/C(N)=N/S(=O)(=O)c2ccc(Cl)s2)c1. The fourth-order valence-electron chi connectivity index (χ4n) is 2.78. The molecule has 0 unspecified atom stereocenters. The molecular weight excluding hydrogens is 467 g/mol. The lowest BCUT2D eigenvalue weighted by Crippen LogP contribution is -2.77. The number of carbonyl (C=O) groups excluding carboxylic acids is 1. The Kier molecular flexibility index (Phi) is 6.60. The first-order valence-corrected chi connectivity index (χ1v) is 11.3. The molecule has 12 heteroatoms. The number of phenolic OH excluding ortho intramolecular Hbond substituents is 1. The van der Waals surface area contributed by atoms with E-state index >= 15 is 0 Å². The molecule has 1 heterocycles. The molecule has 0 aliphatic heterocycles. The minimum atomic E-state index is -4.22. The monoisotopic (exact) mass is 483 g/mol. The van der Waals surface area contributed by atoms with Gasteiger partial charge in [0, 0.05) is 11.1 Å². The van der Waals surface area contributed by atoms with Crippen molar-refractivity contribution in [3.63, 3.8) is 0 Å². The number of nitrogens with two attached hydrogens (primary N) is 3. The second-order valence-corrected chi connectivity index (χ2v) is 9.88. The first kappa shape index (κ1) is 22.7. The number of benzene rings is 2. The topological polar surface area (TPSA) is 152 Å².